The van der Waals surface area contributed by atoms with Crippen LogP contribution in [0.15, 0.2) is 29.2 Å². The van der Waals surface area contributed by atoms with Crippen LogP contribution in [0.4, 0.5) is 5.69 Å². The van der Waals surface area contributed by atoms with E-state index >= 15 is 0 Å². The number of anilines is 1. The van der Waals surface area contributed by atoms with E-state index in [2.05, 4.69) is 5.32 Å². The minimum atomic E-state index is -1.11. The molecule has 3 unspecified atom stereocenters. The fourth-order valence-electron chi connectivity index (χ4n) is 2.10. The zero-order valence-corrected chi connectivity index (χ0v) is 11.3. The lowest BCUT2D eigenvalue weighted by Gasteiger charge is -2.31. The van der Waals surface area contributed by atoms with E-state index < -0.39 is 28.6 Å². The molecule has 1 aromatic carbocycles. The fraction of sp³-hybridized carbons (Fsp3) is 0.385. The van der Waals surface area contributed by atoms with E-state index in [4.69, 9.17) is 5.11 Å². The Balaban J connectivity index is 2.05. The summed E-state index contributed by atoms with van der Waals surface area (Å²) < 4.78 is 11.3. The molecule has 1 aromatic rings. The summed E-state index contributed by atoms with van der Waals surface area (Å²) in [6.07, 6.45) is 2.71. The third-order valence-electron chi connectivity index (χ3n) is 3.36. The summed E-state index contributed by atoms with van der Waals surface area (Å²) in [4.78, 5) is 23.4. The number of hydrogen-bond acceptors (Lipinski definition) is 3. The lowest BCUT2D eigenvalue weighted by atomic mass is 9.73. The van der Waals surface area contributed by atoms with Crippen LogP contribution in [-0.4, -0.2) is 27.4 Å². The third-order valence-corrected chi connectivity index (χ3v) is 4.28. The van der Waals surface area contributed by atoms with E-state index in [1.807, 2.05) is 0 Å². The molecule has 0 saturated heterocycles. The first-order chi connectivity index (χ1) is 8.99. The second-order valence-corrected chi connectivity index (χ2v) is 5.98. The average Bonchev–Trinajstić information content (AvgIpc) is 2.26. The zero-order valence-electron chi connectivity index (χ0n) is 10.5. The van der Waals surface area contributed by atoms with Gasteiger partial charge >= 0.3 is 5.97 Å². The van der Waals surface area contributed by atoms with Gasteiger partial charge in [0.25, 0.3) is 0 Å². The summed E-state index contributed by atoms with van der Waals surface area (Å²) in [5.74, 6) is -2.25. The van der Waals surface area contributed by atoms with Crippen molar-refractivity contribution in [3.8, 4) is 0 Å². The molecule has 1 aliphatic rings. The summed E-state index contributed by atoms with van der Waals surface area (Å²) in [5.41, 5.74) is 0.550. The molecule has 1 aliphatic carbocycles. The predicted octanol–water partition coefficient (Wildman–Crippen LogP) is 1.47. The first-order valence-corrected chi connectivity index (χ1v) is 7.52. The van der Waals surface area contributed by atoms with Crippen LogP contribution in [0.5, 0.6) is 0 Å². The topological polar surface area (TPSA) is 83.5 Å². The molecule has 0 aromatic heterocycles. The van der Waals surface area contributed by atoms with Crippen LogP contribution in [0.3, 0.4) is 0 Å². The van der Waals surface area contributed by atoms with Gasteiger partial charge in [-0.25, -0.2) is 0 Å². The van der Waals surface area contributed by atoms with Gasteiger partial charge < -0.3 is 10.4 Å². The first-order valence-electron chi connectivity index (χ1n) is 5.96. The highest BCUT2D eigenvalue weighted by Gasteiger charge is 2.41. The van der Waals surface area contributed by atoms with E-state index in [9.17, 15) is 13.8 Å². The molecule has 0 spiro atoms. The van der Waals surface area contributed by atoms with Crippen molar-refractivity contribution in [3.05, 3.63) is 24.3 Å². The first kappa shape index (κ1) is 13.7. The molecule has 0 bridgehead atoms. The van der Waals surface area contributed by atoms with Crippen molar-refractivity contribution in [2.45, 2.75) is 17.7 Å². The zero-order chi connectivity index (χ0) is 14.0. The van der Waals surface area contributed by atoms with Crippen molar-refractivity contribution < 1.29 is 18.9 Å². The molecule has 102 valence electrons. The Kier molecular flexibility index (Phi) is 3.99. The Morgan fingerprint density at radius 3 is 2.53 bits per heavy atom. The monoisotopic (exact) mass is 281 g/mol. The number of carbonyl (C=O) groups excluding carboxylic acids is 1. The van der Waals surface area contributed by atoms with Crippen LogP contribution in [-0.2, 0) is 20.4 Å². The van der Waals surface area contributed by atoms with Gasteiger partial charge in [0, 0.05) is 27.6 Å². The smallest absolute Gasteiger partial charge is 0.307 e. The number of carbonyl (C=O) groups is 2. The van der Waals surface area contributed by atoms with Crippen molar-refractivity contribution >= 4 is 28.4 Å². The van der Waals surface area contributed by atoms with E-state index in [-0.39, 0.29) is 5.91 Å². The Bertz CT molecular complexity index is 543. The SMILES string of the molecule is CS(=O)c1cccc(NC(=O)C2CCC2C(=O)O)c1. The molecule has 1 amide bonds. The summed E-state index contributed by atoms with van der Waals surface area (Å²) in [6.45, 7) is 0. The van der Waals surface area contributed by atoms with Gasteiger partial charge in [0.05, 0.1) is 11.8 Å². The fourth-order valence-corrected chi connectivity index (χ4v) is 2.66. The van der Waals surface area contributed by atoms with Crippen molar-refractivity contribution in [1.82, 2.24) is 0 Å². The van der Waals surface area contributed by atoms with Crippen molar-refractivity contribution in [3.63, 3.8) is 0 Å². The second-order valence-electron chi connectivity index (χ2n) is 4.60. The Hall–Kier alpha value is -1.69. The van der Waals surface area contributed by atoms with E-state index in [1.54, 1.807) is 30.5 Å². The summed E-state index contributed by atoms with van der Waals surface area (Å²) in [7, 11) is -1.11. The molecule has 6 heteroatoms. The molecule has 0 radical (unpaired) electrons. The van der Waals surface area contributed by atoms with E-state index in [0.29, 0.717) is 23.4 Å². The number of hydrogen-bond donors (Lipinski definition) is 2. The number of carboxylic acid groups (broad SMARTS) is 1. The van der Waals surface area contributed by atoms with Gasteiger partial charge in [-0.1, -0.05) is 6.07 Å². The Morgan fingerprint density at radius 2 is 2.00 bits per heavy atom. The molecule has 3 atom stereocenters. The lowest BCUT2D eigenvalue weighted by Crippen LogP contribution is -2.41. The third kappa shape index (κ3) is 3.01. The Morgan fingerprint density at radius 1 is 1.32 bits per heavy atom. The minimum absolute atomic E-state index is 0.280. The normalized spacial score (nSPS) is 23.2. The summed E-state index contributed by atoms with van der Waals surface area (Å²) in [5, 5.41) is 11.6. The van der Waals surface area contributed by atoms with E-state index in [0.717, 1.165) is 0 Å². The highest BCUT2D eigenvalue weighted by atomic mass is 32.2. The molecular weight excluding hydrogens is 266 g/mol. The Labute approximate surface area is 113 Å². The quantitative estimate of drug-likeness (QED) is 0.875. The summed E-state index contributed by atoms with van der Waals surface area (Å²) >= 11 is 0. The number of carboxylic acids is 1. The number of nitrogens with one attached hydrogen (secondary N) is 1. The van der Waals surface area contributed by atoms with Crippen LogP contribution in [0.25, 0.3) is 0 Å². The van der Waals surface area contributed by atoms with Crippen LogP contribution < -0.4 is 5.32 Å². The van der Waals surface area contributed by atoms with Crippen molar-refractivity contribution in [1.29, 1.82) is 0 Å². The highest BCUT2D eigenvalue weighted by Crippen LogP contribution is 2.35. The van der Waals surface area contributed by atoms with Crippen LogP contribution >= 0.6 is 0 Å². The highest BCUT2D eigenvalue weighted by molar-refractivity contribution is 7.84. The molecule has 2 N–H and O–H groups in total. The van der Waals surface area contributed by atoms with Crippen molar-refractivity contribution in [2.24, 2.45) is 11.8 Å². The maximum Gasteiger partial charge on any atom is 0.307 e. The van der Waals surface area contributed by atoms with Gasteiger partial charge in [-0.2, -0.15) is 0 Å². The largest absolute Gasteiger partial charge is 0.481 e. The standard InChI is InChI=1S/C13H15NO4S/c1-19(18)9-4-2-3-8(7-9)14-12(15)10-5-6-11(10)13(16)17/h2-4,7,10-11H,5-6H2,1H3,(H,14,15)(H,16,17). The molecule has 1 saturated carbocycles. The van der Waals surface area contributed by atoms with Crippen LogP contribution in [0.2, 0.25) is 0 Å². The maximum atomic E-state index is 11.9. The second kappa shape index (κ2) is 5.52. The molecule has 5 nitrogen and oxygen atoms in total. The molecule has 19 heavy (non-hydrogen) atoms. The van der Waals surface area contributed by atoms with Crippen LogP contribution in [0.1, 0.15) is 12.8 Å². The number of amides is 1. The van der Waals surface area contributed by atoms with Gasteiger partial charge in [-0.05, 0) is 31.0 Å². The number of rotatable bonds is 4. The minimum Gasteiger partial charge on any atom is -0.481 e. The summed E-state index contributed by atoms with van der Waals surface area (Å²) in [6, 6.07) is 6.77. The number of benzene rings is 1. The molecule has 2 rings (SSSR count). The average molecular weight is 281 g/mol. The maximum absolute atomic E-state index is 11.9. The van der Waals surface area contributed by atoms with Gasteiger partial charge in [-0.3, -0.25) is 13.8 Å². The molecule has 1 fully saturated rings. The molecular formula is C13H15NO4S. The number of aliphatic carboxylic acids is 1. The van der Waals surface area contributed by atoms with Crippen LogP contribution in [0, 0.1) is 11.8 Å². The molecule has 0 aliphatic heterocycles. The van der Waals surface area contributed by atoms with Gasteiger partial charge in [-0.15, -0.1) is 0 Å². The molecule has 0 heterocycles. The van der Waals surface area contributed by atoms with Gasteiger partial charge in [0.15, 0.2) is 0 Å². The van der Waals surface area contributed by atoms with Crippen molar-refractivity contribution in [2.75, 3.05) is 11.6 Å². The van der Waals surface area contributed by atoms with E-state index in [1.165, 1.54) is 0 Å². The lowest BCUT2D eigenvalue weighted by molar-refractivity contribution is -0.151. The van der Waals surface area contributed by atoms with Gasteiger partial charge in [0.1, 0.15) is 0 Å². The predicted molar refractivity (Wildman–Crippen MR) is 71.3 cm³/mol. The van der Waals surface area contributed by atoms with Gasteiger partial charge in [0.2, 0.25) is 5.91 Å².